The summed E-state index contributed by atoms with van der Waals surface area (Å²) < 4.78 is 10.3. The molecule has 4 nitrogen and oxygen atoms in total. The lowest BCUT2D eigenvalue weighted by Gasteiger charge is -2.15. The Balaban J connectivity index is 2.42. The molecular weight excluding hydrogens is 216 g/mol. The van der Waals surface area contributed by atoms with Gasteiger partial charge in [0.2, 0.25) is 0 Å². The fraction of sp³-hybridized carbons (Fsp3) is 0.538. The van der Waals surface area contributed by atoms with Gasteiger partial charge in [0.1, 0.15) is 0 Å². The molecule has 0 saturated heterocycles. The van der Waals surface area contributed by atoms with Crippen molar-refractivity contribution < 1.29 is 9.47 Å². The van der Waals surface area contributed by atoms with E-state index in [0.717, 1.165) is 24.3 Å². The highest BCUT2D eigenvalue weighted by atomic mass is 16.5. The highest BCUT2D eigenvalue weighted by molar-refractivity contribution is 5.48. The molecule has 0 fully saturated rings. The second-order valence-electron chi connectivity index (χ2n) is 4.15. The van der Waals surface area contributed by atoms with Crippen molar-refractivity contribution in [2.45, 2.75) is 19.6 Å². The maximum atomic E-state index is 5.90. The van der Waals surface area contributed by atoms with E-state index in [1.165, 1.54) is 5.56 Å². The lowest BCUT2D eigenvalue weighted by atomic mass is 10.1. The van der Waals surface area contributed by atoms with Crippen LogP contribution in [-0.4, -0.2) is 33.5 Å². The zero-order valence-electron chi connectivity index (χ0n) is 10.8. The largest absolute Gasteiger partial charge is 0.398 e. The number of hydrogen-bond donors (Lipinski definition) is 2. The Morgan fingerprint density at radius 2 is 2.12 bits per heavy atom. The topological polar surface area (TPSA) is 56.5 Å². The molecule has 0 amide bonds. The molecule has 0 bridgehead atoms. The van der Waals surface area contributed by atoms with E-state index in [2.05, 4.69) is 18.3 Å². The van der Waals surface area contributed by atoms with Crippen molar-refractivity contribution >= 4 is 5.69 Å². The Bertz CT molecular complexity index is 342. The molecule has 0 aliphatic rings. The highest BCUT2D eigenvalue weighted by Gasteiger charge is 2.06. The van der Waals surface area contributed by atoms with Crippen LogP contribution in [0.2, 0.25) is 0 Å². The van der Waals surface area contributed by atoms with Crippen LogP contribution < -0.4 is 11.1 Å². The van der Waals surface area contributed by atoms with Crippen molar-refractivity contribution in [3.8, 4) is 0 Å². The Kier molecular flexibility index (Phi) is 5.97. The van der Waals surface area contributed by atoms with Crippen molar-refractivity contribution in [2.24, 2.45) is 0 Å². The van der Waals surface area contributed by atoms with Crippen LogP contribution in [0, 0.1) is 6.92 Å². The Hall–Kier alpha value is -1.10. The summed E-state index contributed by atoms with van der Waals surface area (Å²) in [6.07, 6.45) is 0.0750. The van der Waals surface area contributed by atoms with Crippen molar-refractivity contribution in [1.29, 1.82) is 0 Å². The van der Waals surface area contributed by atoms with Crippen molar-refractivity contribution in [3.63, 3.8) is 0 Å². The maximum Gasteiger partial charge on any atom is 0.0928 e. The quantitative estimate of drug-likeness (QED) is 0.704. The first-order valence-corrected chi connectivity index (χ1v) is 5.74. The summed E-state index contributed by atoms with van der Waals surface area (Å²) in [5.74, 6) is 0. The second-order valence-corrected chi connectivity index (χ2v) is 4.15. The van der Waals surface area contributed by atoms with E-state index < -0.39 is 0 Å². The first-order chi connectivity index (χ1) is 8.17. The average molecular weight is 238 g/mol. The van der Waals surface area contributed by atoms with E-state index >= 15 is 0 Å². The molecule has 1 aromatic carbocycles. The number of nitrogen functional groups attached to an aromatic ring is 1. The van der Waals surface area contributed by atoms with Crippen LogP contribution >= 0.6 is 0 Å². The van der Waals surface area contributed by atoms with Gasteiger partial charge in [0.25, 0.3) is 0 Å². The van der Waals surface area contributed by atoms with Gasteiger partial charge in [-0.2, -0.15) is 0 Å². The van der Waals surface area contributed by atoms with Gasteiger partial charge in [-0.05, 0) is 18.6 Å². The Morgan fingerprint density at radius 1 is 1.35 bits per heavy atom. The van der Waals surface area contributed by atoms with E-state index in [1.807, 2.05) is 12.1 Å². The van der Waals surface area contributed by atoms with Crippen molar-refractivity contribution in [2.75, 3.05) is 33.1 Å². The minimum absolute atomic E-state index is 0.0750. The molecule has 0 aromatic heterocycles. The first-order valence-electron chi connectivity index (χ1n) is 5.74. The van der Waals surface area contributed by atoms with Gasteiger partial charge in [0.15, 0.2) is 0 Å². The highest BCUT2D eigenvalue weighted by Crippen LogP contribution is 2.13. The monoisotopic (exact) mass is 238 g/mol. The Morgan fingerprint density at radius 3 is 2.76 bits per heavy atom. The van der Waals surface area contributed by atoms with E-state index in [0.29, 0.717) is 6.61 Å². The maximum absolute atomic E-state index is 5.90. The number of rotatable bonds is 7. The van der Waals surface area contributed by atoms with Crippen LogP contribution in [0.3, 0.4) is 0 Å². The minimum atomic E-state index is 0.0750. The van der Waals surface area contributed by atoms with Gasteiger partial charge in [-0.3, -0.25) is 0 Å². The Labute approximate surface area is 103 Å². The molecule has 1 atom stereocenters. The van der Waals surface area contributed by atoms with Crippen LogP contribution in [0.4, 0.5) is 5.69 Å². The number of benzene rings is 1. The van der Waals surface area contributed by atoms with Crippen LogP contribution in [0.15, 0.2) is 18.2 Å². The standard InChI is InChI=1S/C13H22N2O2/c1-10-4-5-13(14)11(6-10)7-15-8-12(17-3)9-16-2/h4-6,12,15H,7-9,14H2,1-3H3. The molecule has 4 heteroatoms. The van der Waals surface area contributed by atoms with Crippen LogP contribution in [-0.2, 0) is 16.0 Å². The number of nitrogens with one attached hydrogen (secondary N) is 1. The van der Waals surface area contributed by atoms with Crippen LogP contribution in [0.5, 0.6) is 0 Å². The van der Waals surface area contributed by atoms with Gasteiger partial charge in [0.05, 0.1) is 12.7 Å². The summed E-state index contributed by atoms with van der Waals surface area (Å²) in [6, 6.07) is 6.05. The predicted molar refractivity (Wildman–Crippen MR) is 70.0 cm³/mol. The smallest absolute Gasteiger partial charge is 0.0928 e. The van der Waals surface area contributed by atoms with Crippen LogP contribution in [0.1, 0.15) is 11.1 Å². The normalized spacial score (nSPS) is 12.6. The summed E-state index contributed by atoms with van der Waals surface area (Å²) in [5, 5.41) is 3.32. The number of anilines is 1. The summed E-state index contributed by atoms with van der Waals surface area (Å²) >= 11 is 0. The van der Waals surface area contributed by atoms with Crippen molar-refractivity contribution in [3.05, 3.63) is 29.3 Å². The predicted octanol–water partition coefficient (Wildman–Crippen LogP) is 1.33. The fourth-order valence-electron chi connectivity index (χ4n) is 1.65. The SMILES string of the molecule is COCC(CNCc1cc(C)ccc1N)OC. The molecule has 0 aliphatic carbocycles. The zero-order chi connectivity index (χ0) is 12.7. The van der Waals surface area contributed by atoms with Crippen LogP contribution in [0.25, 0.3) is 0 Å². The number of nitrogens with two attached hydrogens (primary N) is 1. The van der Waals surface area contributed by atoms with Gasteiger partial charge in [-0.25, -0.2) is 0 Å². The number of ether oxygens (including phenoxy) is 2. The van der Waals surface area contributed by atoms with E-state index in [9.17, 15) is 0 Å². The van der Waals surface area contributed by atoms with E-state index in [-0.39, 0.29) is 6.10 Å². The third kappa shape index (κ3) is 4.73. The van der Waals surface area contributed by atoms with Gasteiger partial charge >= 0.3 is 0 Å². The summed E-state index contributed by atoms with van der Waals surface area (Å²) in [6.45, 7) is 4.15. The molecule has 1 rings (SSSR count). The molecule has 96 valence electrons. The zero-order valence-corrected chi connectivity index (χ0v) is 10.8. The molecule has 0 heterocycles. The summed E-state index contributed by atoms with van der Waals surface area (Å²) in [4.78, 5) is 0. The lowest BCUT2D eigenvalue weighted by Crippen LogP contribution is -2.31. The molecule has 0 spiro atoms. The molecule has 1 aromatic rings. The van der Waals surface area contributed by atoms with E-state index in [4.69, 9.17) is 15.2 Å². The fourth-order valence-corrected chi connectivity index (χ4v) is 1.65. The number of hydrogen-bond acceptors (Lipinski definition) is 4. The molecular formula is C13H22N2O2. The second kappa shape index (κ2) is 7.27. The van der Waals surface area contributed by atoms with Crippen molar-refractivity contribution in [1.82, 2.24) is 5.32 Å². The molecule has 0 saturated carbocycles. The molecule has 1 unspecified atom stereocenters. The number of aryl methyl sites for hydroxylation is 1. The lowest BCUT2D eigenvalue weighted by molar-refractivity contribution is 0.0288. The van der Waals surface area contributed by atoms with Gasteiger partial charge in [-0.15, -0.1) is 0 Å². The van der Waals surface area contributed by atoms with Gasteiger partial charge in [-0.1, -0.05) is 17.7 Å². The third-order valence-corrected chi connectivity index (χ3v) is 2.67. The summed E-state index contributed by atoms with van der Waals surface area (Å²) in [7, 11) is 3.36. The minimum Gasteiger partial charge on any atom is -0.398 e. The third-order valence-electron chi connectivity index (χ3n) is 2.67. The molecule has 0 radical (unpaired) electrons. The number of methoxy groups -OCH3 is 2. The van der Waals surface area contributed by atoms with Gasteiger partial charge in [0, 0.05) is 33.0 Å². The molecule has 17 heavy (non-hydrogen) atoms. The molecule has 3 N–H and O–H groups in total. The molecule has 0 aliphatic heterocycles. The van der Waals surface area contributed by atoms with Gasteiger partial charge < -0.3 is 20.5 Å². The summed E-state index contributed by atoms with van der Waals surface area (Å²) in [5.41, 5.74) is 9.07. The van der Waals surface area contributed by atoms with E-state index in [1.54, 1.807) is 14.2 Å². The first kappa shape index (κ1) is 14.0. The average Bonchev–Trinajstić information content (AvgIpc) is 2.32.